The summed E-state index contributed by atoms with van der Waals surface area (Å²) in [5.41, 5.74) is 5.76. The van der Waals surface area contributed by atoms with Crippen LogP contribution in [0.1, 0.15) is 16.6 Å². The molecule has 3 aromatic rings. The van der Waals surface area contributed by atoms with Crippen LogP contribution in [-0.2, 0) is 9.53 Å². The molecular formula is C16H13N3O4S2. The highest BCUT2D eigenvalue weighted by molar-refractivity contribution is 7.26. The number of fused-ring (bicyclic) bond motifs is 1. The van der Waals surface area contributed by atoms with E-state index in [1.54, 1.807) is 12.1 Å². The molecule has 0 bridgehead atoms. The van der Waals surface area contributed by atoms with Gasteiger partial charge in [-0.3, -0.25) is 10.1 Å². The average Bonchev–Trinajstić information content (AvgIpc) is 3.20. The maximum Gasteiger partial charge on any atom is 0.349 e. The number of thiophene rings is 1. The van der Waals surface area contributed by atoms with Crippen LogP contribution in [0.25, 0.3) is 20.1 Å². The Labute approximate surface area is 150 Å². The highest BCUT2D eigenvalue weighted by Gasteiger charge is 2.21. The third-order valence-corrected chi connectivity index (χ3v) is 5.48. The number of benzene rings is 1. The van der Waals surface area contributed by atoms with Crippen molar-refractivity contribution < 1.29 is 19.1 Å². The number of para-hydroxylation sites is 1. The van der Waals surface area contributed by atoms with E-state index in [0.717, 1.165) is 20.1 Å². The van der Waals surface area contributed by atoms with Crippen molar-refractivity contribution in [3.8, 4) is 9.88 Å². The largest absolute Gasteiger partial charge is 0.448 e. The fourth-order valence-corrected chi connectivity index (χ4v) is 3.94. The van der Waals surface area contributed by atoms with Crippen LogP contribution in [0.3, 0.4) is 0 Å². The number of carbonyl (C=O) groups excluding carboxylic acids is 3. The maximum atomic E-state index is 12.1. The summed E-state index contributed by atoms with van der Waals surface area (Å²) in [5, 5.41) is 2.67. The highest BCUT2D eigenvalue weighted by Crippen LogP contribution is 2.34. The summed E-state index contributed by atoms with van der Waals surface area (Å²) in [6.07, 6.45) is -1.13. The Kier molecular flexibility index (Phi) is 4.77. The Morgan fingerprint density at radius 2 is 1.92 bits per heavy atom. The van der Waals surface area contributed by atoms with Crippen molar-refractivity contribution in [1.29, 1.82) is 0 Å². The molecule has 2 heterocycles. The molecule has 0 saturated heterocycles. The zero-order valence-electron chi connectivity index (χ0n) is 13.0. The lowest BCUT2D eigenvalue weighted by atomic mass is 10.3. The molecule has 3 rings (SSSR count). The number of imide groups is 1. The third-order valence-electron chi connectivity index (χ3n) is 3.21. The Balaban J connectivity index is 1.73. The van der Waals surface area contributed by atoms with E-state index in [-0.39, 0.29) is 0 Å². The predicted octanol–water partition coefficient (Wildman–Crippen LogP) is 2.76. The zero-order chi connectivity index (χ0) is 18.0. The standard InChI is InChI=1S/C16H13N3O4S2/c1-8(13(20)19-16(17)22)23-15(21)12-7-6-11(24-12)14-18-9-4-2-3-5-10(9)25-14/h2-8H,1H3,(H3,17,19,20,22)/t8-/m1/s1. The van der Waals surface area contributed by atoms with Gasteiger partial charge >= 0.3 is 12.0 Å². The third kappa shape index (κ3) is 3.83. The first kappa shape index (κ1) is 17.1. The van der Waals surface area contributed by atoms with Crippen LogP contribution < -0.4 is 11.1 Å². The van der Waals surface area contributed by atoms with Gasteiger partial charge in [-0.2, -0.15) is 0 Å². The lowest BCUT2D eigenvalue weighted by Crippen LogP contribution is -2.42. The number of nitrogens with two attached hydrogens (primary N) is 1. The van der Waals surface area contributed by atoms with Crippen molar-refractivity contribution in [3.05, 3.63) is 41.3 Å². The van der Waals surface area contributed by atoms with Gasteiger partial charge in [-0.15, -0.1) is 22.7 Å². The number of nitrogens with zero attached hydrogens (tertiary/aromatic N) is 1. The molecule has 0 radical (unpaired) electrons. The van der Waals surface area contributed by atoms with E-state index >= 15 is 0 Å². The first-order chi connectivity index (χ1) is 11.9. The molecule has 0 saturated carbocycles. The van der Waals surface area contributed by atoms with E-state index in [1.807, 2.05) is 29.6 Å². The van der Waals surface area contributed by atoms with Crippen molar-refractivity contribution >= 4 is 50.8 Å². The number of aromatic nitrogens is 1. The fraction of sp³-hybridized carbons (Fsp3) is 0.125. The molecule has 3 N–H and O–H groups in total. The first-order valence-electron chi connectivity index (χ1n) is 7.21. The summed E-state index contributed by atoms with van der Waals surface area (Å²) in [6, 6.07) is 10.2. The molecule has 0 fully saturated rings. The second kappa shape index (κ2) is 6.99. The minimum absolute atomic E-state index is 0.341. The van der Waals surface area contributed by atoms with Gasteiger partial charge in [0.05, 0.1) is 15.1 Å². The number of nitrogens with one attached hydrogen (secondary N) is 1. The molecule has 0 aliphatic rings. The van der Waals surface area contributed by atoms with Crippen LogP contribution in [0.2, 0.25) is 0 Å². The van der Waals surface area contributed by atoms with Crippen molar-refractivity contribution in [2.45, 2.75) is 13.0 Å². The number of esters is 1. The van der Waals surface area contributed by atoms with E-state index in [0.29, 0.717) is 4.88 Å². The minimum atomic E-state index is -1.13. The van der Waals surface area contributed by atoms with Gasteiger partial charge in [-0.1, -0.05) is 12.1 Å². The summed E-state index contributed by atoms with van der Waals surface area (Å²) in [6.45, 7) is 1.36. The van der Waals surface area contributed by atoms with Gasteiger partial charge in [0.25, 0.3) is 5.91 Å². The Morgan fingerprint density at radius 1 is 1.16 bits per heavy atom. The number of carbonyl (C=O) groups is 3. The van der Waals surface area contributed by atoms with Crippen LogP contribution >= 0.6 is 22.7 Å². The summed E-state index contributed by atoms with van der Waals surface area (Å²) in [7, 11) is 0. The van der Waals surface area contributed by atoms with Gasteiger partial charge in [-0.05, 0) is 31.2 Å². The molecule has 0 unspecified atom stereocenters. The van der Waals surface area contributed by atoms with Gasteiger partial charge in [0.1, 0.15) is 9.88 Å². The zero-order valence-corrected chi connectivity index (χ0v) is 14.6. The average molecular weight is 375 g/mol. The summed E-state index contributed by atoms with van der Waals surface area (Å²) in [5.74, 6) is -1.42. The van der Waals surface area contributed by atoms with Gasteiger partial charge in [-0.25, -0.2) is 14.6 Å². The van der Waals surface area contributed by atoms with Crippen LogP contribution in [0.5, 0.6) is 0 Å². The van der Waals surface area contributed by atoms with E-state index < -0.39 is 24.0 Å². The molecule has 1 atom stereocenters. The predicted molar refractivity (Wildman–Crippen MR) is 95.5 cm³/mol. The van der Waals surface area contributed by atoms with E-state index in [2.05, 4.69) is 4.98 Å². The van der Waals surface area contributed by atoms with Crippen molar-refractivity contribution in [1.82, 2.24) is 10.3 Å². The van der Waals surface area contributed by atoms with E-state index in [9.17, 15) is 14.4 Å². The molecule has 128 valence electrons. The van der Waals surface area contributed by atoms with Crippen LogP contribution in [0.15, 0.2) is 36.4 Å². The SMILES string of the molecule is C[C@@H](OC(=O)c1ccc(-c2nc3ccccc3s2)s1)C(=O)NC(N)=O. The van der Waals surface area contributed by atoms with Crippen molar-refractivity contribution in [2.24, 2.45) is 5.73 Å². The Bertz CT molecular complexity index is 930. The number of rotatable bonds is 4. The topological polar surface area (TPSA) is 111 Å². The van der Waals surface area contributed by atoms with Gasteiger partial charge in [0.2, 0.25) is 0 Å². The molecule has 9 heteroatoms. The van der Waals surface area contributed by atoms with Gasteiger partial charge in [0, 0.05) is 0 Å². The molecule has 0 aliphatic heterocycles. The van der Waals surface area contributed by atoms with E-state index in [1.165, 1.54) is 29.6 Å². The molecule has 7 nitrogen and oxygen atoms in total. The van der Waals surface area contributed by atoms with Crippen LogP contribution in [0, 0.1) is 0 Å². The number of hydrogen-bond acceptors (Lipinski definition) is 7. The lowest BCUT2D eigenvalue weighted by Gasteiger charge is -2.10. The molecule has 25 heavy (non-hydrogen) atoms. The lowest BCUT2D eigenvalue weighted by molar-refractivity contribution is -0.127. The fourth-order valence-electron chi connectivity index (χ4n) is 2.04. The van der Waals surface area contributed by atoms with E-state index in [4.69, 9.17) is 10.5 Å². The van der Waals surface area contributed by atoms with Crippen molar-refractivity contribution in [3.63, 3.8) is 0 Å². The maximum absolute atomic E-state index is 12.1. The second-order valence-electron chi connectivity index (χ2n) is 5.05. The van der Waals surface area contributed by atoms with Crippen molar-refractivity contribution in [2.75, 3.05) is 0 Å². The number of ether oxygens (including phenoxy) is 1. The number of primary amides is 1. The Hall–Kier alpha value is -2.78. The number of thiazole rings is 1. The smallest absolute Gasteiger partial charge is 0.349 e. The highest BCUT2D eigenvalue weighted by atomic mass is 32.1. The molecule has 1 aromatic carbocycles. The minimum Gasteiger partial charge on any atom is -0.448 e. The van der Waals surface area contributed by atoms with Crippen LogP contribution in [-0.4, -0.2) is 29.0 Å². The summed E-state index contributed by atoms with van der Waals surface area (Å²) < 4.78 is 6.10. The van der Waals surface area contributed by atoms with Crippen LogP contribution in [0.4, 0.5) is 4.79 Å². The van der Waals surface area contributed by atoms with Gasteiger partial charge in [0.15, 0.2) is 6.10 Å². The number of amides is 3. The number of urea groups is 1. The molecule has 0 spiro atoms. The number of hydrogen-bond donors (Lipinski definition) is 2. The quantitative estimate of drug-likeness (QED) is 0.681. The van der Waals surface area contributed by atoms with Gasteiger partial charge < -0.3 is 10.5 Å². The normalized spacial score (nSPS) is 11.9. The molecular weight excluding hydrogens is 362 g/mol. The second-order valence-corrected chi connectivity index (χ2v) is 7.17. The Morgan fingerprint density at radius 3 is 2.64 bits per heavy atom. The molecule has 2 aromatic heterocycles. The summed E-state index contributed by atoms with van der Waals surface area (Å²) >= 11 is 2.76. The molecule has 3 amide bonds. The summed E-state index contributed by atoms with van der Waals surface area (Å²) in [4.78, 5) is 40.1. The monoisotopic (exact) mass is 375 g/mol. The first-order valence-corrected chi connectivity index (χ1v) is 8.84. The molecule has 0 aliphatic carbocycles.